The van der Waals surface area contributed by atoms with Crippen LogP contribution in [-0.4, -0.2) is 11.1 Å². The van der Waals surface area contributed by atoms with Gasteiger partial charge in [-0.15, -0.1) is 0 Å². The molecular weight excluding hydrogens is 258 g/mol. The zero-order chi connectivity index (χ0) is 14.4. The lowest BCUT2D eigenvalue weighted by molar-refractivity contribution is -0.385. The standard InChI is InChI=1S/C14H13N3O3/c18-14-7-6-13(17(19)20)8-12(14)10-16-15-9-11-4-2-1-3-5-11/h1-8,10,15,18H,9H2/p-1. The van der Waals surface area contributed by atoms with Gasteiger partial charge < -0.3 is 10.5 Å². The summed E-state index contributed by atoms with van der Waals surface area (Å²) >= 11 is 0. The Hall–Kier alpha value is -2.89. The van der Waals surface area contributed by atoms with E-state index in [0.717, 1.165) is 11.6 Å². The van der Waals surface area contributed by atoms with Crippen LogP contribution in [0.1, 0.15) is 11.1 Å². The minimum atomic E-state index is -0.547. The third-order valence-electron chi connectivity index (χ3n) is 2.63. The zero-order valence-corrected chi connectivity index (χ0v) is 10.5. The average molecular weight is 270 g/mol. The summed E-state index contributed by atoms with van der Waals surface area (Å²) in [5.41, 5.74) is 3.88. The topological polar surface area (TPSA) is 90.6 Å². The van der Waals surface area contributed by atoms with Gasteiger partial charge in [-0.2, -0.15) is 5.10 Å². The number of nitro benzene ring substituents is 1. The fraction of sp³-hybridized carbons (Fsp3) is 0.0714. The third kappa shape index (κ3) is 3.55. The molecule has 102 valence electrons. The highest BCUT2D eigenvalue weighted by Gasteiger charge is 2.05. The highest BCUT2D eigenvalue weighted by atomic mass is 16.6. The molecule has 0 fully saturated rings. The summed E-state index contributed by atoms with van der Waals surface area (Å²) in [6, 6.07) is 13.2. The number of nitro groups is 1. The number of hydrogen-bond donors (Lipinski definition) is 1. The summed E-state index contributed by atoms with van der Waals surface area (Å²) in [7, 11) is 0. The normalized spacial score (nSPS) is 10.6. The SMILES string of the molecule is O=[N+]([O-])c1ccc([O-])c(C=NNCc2ccccc2)c1. The van der Waals surface area contributed by atoms with Crippen molar-refractivity contribution in [1.82, 2.24) is 5.43 Å². The van der Waals surface area contributed by atoms with E-state index in [0.29, 0.717) is 6.54 Å². The average Bonchev–Trinajstić information content (AvgIpc) is 2.46. The lowest BCUT2D eigenvalue weighted by atomic mass is 10.2. The number of hydrazone groups is 1. The van der Waals surface area contributed by atoms with Crippen molar-refractivity contribution in [3.8, 4) is 5.75 Å². The van der Waals surface area contributed by atoms with E-state index >= 15 is 0 Å². The van der Waals surface area contributed by atoms with Gasteiger partial charge in [-0.05, 0) is 11.1 Å². The van der Waals surface area contributed by atoms with Crippen LogP contribution in [0.4, 0.5) is 5.69 Å². The first kappa shape index (κ1) is 13.5. The number of hydrogen-bond acceptors (Lipinski definition) is 5. The smallest absolute Gasteiger partial charge is 0.270 e. The molecule has 0 saturated heterocycles. The highest BCUT2D eigenvalue weighted by Crippen LogP contribution is 2.18. The summed E-state index contributed by atoms with van der Waals surface area (Å²) in [6.07, 6.45) is 1.29. The second-order valence-corrected chi connectivity index (χ2v) is 4.06. The van der Waals surface area contributed by atoms with Gasteiger partial charge in [0.1, 0.15) is 0 Å². The van der Waals surface area contributed by atoms with Crippen molar-refractivity contribution >= 4 is 11.9 Å². The molecule has 0 amide bonds. The molecule has 0 aliphatic carbocycles. The molecule has 20 heavy (non-hydrogen) atoms. The largest absolute Gasteiger partial charge is 0.872 e. The van der Waals surface area contributed by atoms with Crippen molar-refractivity contribution in [3.63, 3.8) is 0 Å². The van der Waals surface area contributed by atoms with E-state index in [-0.39, 0.29) is 17.0 Å². The van der Waals surface area contributed by atoms with Crippen LogP contribution in [0.15, 0.2) is 53.6 Å². The van der Waals surface area contributed by atoms with Gasteiger partial charge in [-0.1, -0.05) is 42.1 Å². The Morgan fingerprint density at radius 2 is 1.95 bits per heavy atom. The van der Waals surface area contributed by atoms with Crippen molar-refractivity contribution in [1.29, 1.82) is 0 Å². The number of rotatable bonds is 5. The molecule has 0 heterocycles. The Labute approximate surface area is 115 Å². The van der Waals surface area contributed by atoms with Crippen LogP contribution in [0.25, 0.3) is 0 Å². The molecule has 0 spiro atoms. The molecule has 2 aromatic rings. The maximum atomic E-state index is 11.5. The summed E-state index contributed by atoms with van der Waals surface area (Å²) in [5.74, 6) is -0.305. The van der Waals surface area contributed by atoms with Gasteiger partial charge in [0.25, 0.3) is 5.69 Å². The maximum Gasteiger partial charge on any atom is 0.270 e. The van der Waals surface area contributed by atoms with Crippen LogP contribution in [0.3, 0.4) is 0 Å². The van der Waals surface area contributed by atoms with Crippen LogP contribution in [-0.2, 0) is 6.54 Å². The molecule has 2 rings (SSSR count). The fourth-order valence-electron chi connectivity index (χ4n) is 1.60. The van der Waals surface area contributed by atoms with Crippen molar-refractivity contribution < 1.29 is 10.0 Å². The van der Waals surface area contributed by atoms with Gasteiger partial charge in [0.2, 0.25) is 0 Å². The van der Waals surface area contributed by atoms with Crippen molar-refractivity contribution in [2.75, 3.05) is 0 Å². The van der Waals surface area contributed by atoms with E-state index in [4.69, 9.17) is 0 Å². The van der Waals surface area contributed by atoms with Crippen LogP contribution in [0.2, 0.25) is 0 Å². The van der Waals surface area contributed by atoms with Gasteiger partial charge in [0.15, 0.2) is 0 Å². The molecule has 0 bridgehead atoms. The minimum absolute atomic E-state index is 0.130. The second kappa shape index (κ2) is 6.33. The zero-order valence-electron chi connectivity index (χ0n) is 10.5. The molecule has 0 radical (unpaired) electrons. The van der Waals surface area contributed by atoms with Gasteiger partial charge in [-0.3, -0.25) is 10.1 Å². The first-order valence-electron chi connectivity index (χ1n) is 5.92. The van der Waals surface area contributed by atoms with Crippen LogP contribution in [0, 0.1) is 10.1 Å². The molecule has 0 saturated carbocycles. The predicted molar refractivity (Wildman–Crippen MR) is 73.4 cm³/mol. The van der Waals surface area contributed by atoms with Gasteiger partial charge in [-0.25, -0.2) is 0 Å². The molecule has 0 aromatic heterocycles. The van der Waals surface area contributed by atoms with E-state index in [1.54, 1.807) is 0 Å². The van der Waals surface area contributed by atoms with E-state index in [1.807, 2.05) is 30.3 Å². The molecule has 6 heteroatoms. The van der Waals surface area contributed by atoms with Gasteiger partial charge in [0.05, 0.1) is 17.7 Å². The first-order chi connectivity index (χ1) is 9.66. The molecule has 0 aliphatic rings. The van der Waals surface area contributed by atoms with Crippen molar-refractivity contribution in [3.05, 3.63) is 69.8 Å². The fourth-order valence-corrected chi connectivity index (χ4v) is 1.60. The molecular formula is C14H12N3O3-. The van der Waals surface area contributed by atoms with Gasteiger partial charge >= 0.3 is 0 Å². The van der Waals surface area contributed by atoms with Crippen LogP contribution < -0.4 is 10.5 Å². The van der Waals surface area contributed by atoms with E-state index < -0.39 is 4.92 Å². The Bertz CT molecular complexity index is 627. The highest BCUT2D eigenvalue weighted by molar-refractivity contribution is 5.84. The lowest BCUT2D eigenvalue weighted by Crippen LogP contribution is -2.06. The van der Waals surface area contributed by atoms with Gasteiger partial charge in [0, 0.05) is 12.1 Å². The predicted octanol–water partition coefficient (Wildman–Crippen LogP) is 1.79. The Morgan fingerprint density at radius 1 is 1.20 bits per heavy atom. The molecule has 2 aromatic carbocycles. The Kier molecular flexibility index (Phi) is 4.28. The summed E-state index contributed by atoms with van der Waals surface area (Å²) < 4.78 is 0. The number of nitrogens with one attached hydrogen (secondary N) is 1. The van der Waals surface area contributed by atoms with Crippen molar-refractivity contribution in [2.24, 2.45) is 5.10 Å². The van der Waals surface area contributed by atoms with Crippen LogP contribution in [0.5, 0.6) is 5.75 Å². The number of nitrogens with zero attached hydrogens (tertiary/aromatic N) is 2. The number of benzene rings is 2. The molecule has 0 unspecified atom stereocenters. The monoisotopic (exact) mass is 270 g/mol. The quantitative estimate of drug-likeness (QED) is 0.509. The van der Waals surface area contributed by atoms with E-state index in [2.05, 4.69) is 10.5 Å². The second-order valence-electron chi connectivity index (χ2n) is 4.06. The molecule has 0 atom stereocenters. The molecule has 0 aliphatic heterocycles. The first-order valence-corrected chi connectivity index (χ1v) is 5.92. The van der Waals surface area contributed by atoms with Crippen molar-refractivity contribution in [2.45, 2.75) is 6.54 Å². The summed E-state index contributed by atoms with van der Waals surface area (Å²) in [5, 5.41) is 26.0. The number of non-ortho nitro benzene ring substituents is 1. The van der Waals surface area contributed by atoms with E-state index in [1.165, 1.54) is 18.3 Å². The Balaban J connectivity index is 2.00. The van der Waals surface area contributed by atoms with Crippen LogP contribution >= 0.6 is 0 Å². The molecule has 1 N–H and O–H groups in total. The summed E-state index contributed by atoms with van der Waals surface area (Å²) in [4.78, 5) is 10.1. The lowest BCUT2D eigenvalue weighted by Gasteiger charge is -2.08. The minimum Gasteiger partial charge on any atom is -0.872 e. The van der Waals surface area contributed by atoms with E-state index in [9.17, 15) is 15.2 Å². The third-order valence-corrected chi connectivity index (χ3v) is 2.63. The Morgan fingerprint density at radius 3 is 2.65 bits per heavy atom. The summed E-state index contributed by atoms with van der Waals surface area (Å²) in [6.45, 7) is 0.514. The maximum absolute atomic E-state index is 11.5. The molecule has 6 nitrogen and oxygen atoms in total.